The summed E-state index contributed by atoms with van der Waals surface area (Å²) >= 11 is 0. The van der Waals surface area contributed by atoms with Crippen molar-refractivity contribution in [2.24, 2.45) is 0 Å². The van der Waals surface area contributed by atoms with Crippen LogP contribution in [0.25, 0.3) is 0 Å². The predicted octanol–water partition coefficient (Wildman–Crippen LogP) is 2.88. The molecule has 172 valence electrons. The molecule has 0 N–H and O–H groups in total. The molecule has 1 spiro atoms. The topological polar surface area (TPSA) is 53.8 Å². The van der Waals surface area contributed by atoms with Gasteiger partial charge in [-0.3, -0.25) is 14.4 Å². The van der Waals surface area contributed by atoms with Gasteiger partial charge in [0.1, 0.15) is 5.69 Å². The number of hydrogen-bond donors (Lipinski definition) is 0. The van der Waals surface area contributed by atoms with Gasteiger partial charge in [0.15, 0.2) is 0 Å². The second kappa shape index (κ2) is 9.24. The highest BCUT2D eigenvalue weighted by Crippen LogP contribution is 2.37. The molecule has 4 heterocycles. The van der Waals surface area contributed by atoms with Gasteiger partial charge in [-0.2, -0.15) is 5.10 Å². The lowest BCUT2D eigenvalue weighted by molar-refractivity contribution is -0.130. The highest BCUT2D eigenvalue weighted by Gasteiger charge is 2.43. The Balaban J connectivity index is 1.16. The number of piperazine rings is 1. The van der Waals surface area contributed by atoms with E-state index in [1.54, 1.807) is 10.9 Å². The SMILES string of the molecule is CCn1nccc1C(=O)N1CCC2(CC1)C[C@H](N1CCN(c3ccccc3)CC1)CCO2. The smallest absolute Gasteiger partial charge is 0.272 e. The number of piperidine rings is 1. The number of benzene rings is 1. The number of carbonyl (C=O) groups is 1. The number of aromatic nitrogens is 2. The maximum atomic E-state index is 13.0. The molecule has 7 nitrogen and oxygen atoms in total. The van der Waals surface area contributed by atoms with E-state index in [0.29, 0.717) is 18.3 Å². The molecule has 3 aliphatic heterocycles. The van der Waals surface area contributed by atoms with E-state index in [-0.39, 0.29) is 11.5 Å². The van der Waals surface area contributed by atoms with Crippen molar-refractivity contribution in [2.45, 2.75) is 50.8 Å². The molecule has 1 amide bonds. The molecule has 0 radical (unpaired) electrons. The number of anilines is 1. The molecule has 0 bridgehead atoms. The van der Waals surface area contributed by atoms with E-state index < -0.39 is 0 Å². The Hall–Kier alpha value is -2.38. The second-order valence-corrected chi connectivity index (χ2v) is 9.36. The van der Waals surface area contributed by atoms with Crippen LogP contribution in [-0.2, 0) is 11.3 Å². The van der Waals surface area contributed by atoms with Gasteiger partial charge < -0.3 is 14.5 Å². The molecular weight excluding hydrogens is 402 g/mol. The van der Waals surface area contributed by atoms with E-state index in [1.807, 2.05) is 17.9 Å². The number of aryl methyl sites for hydroxylation is 1. The van der Waals surface area contributed by atoms with Crippen molar-refractivity contribution >= 4 is 11.6 Å². The summed E-state index contributed by atoms with van der Waals surface area (Å²) in [4.78, 5) is 20.1. The summed E-state index contributed by atoms with van der Waals surface area (Å²) in [5, 5.41) is 4.26. The molecule has 2 aromatic rings. The number of amides is 1. The van der Waals surface area contributed by atoms with Gasteiger partial charge >= 0.3 is 0 Å². The summed E-state index contributed by atoms with van der Waals surface area (Å²) in [6.45, 7) is 9.50. The van der Waals surface area contributed by atoms with E-state index in [1.165, 1.54) is 5.69 Å². The minimum absolute atomic E-state index is 0.0682. The van der Waals surface area contributed by atoms with Crippen LogP contribution >= 0.6 is 0 Å². The molecule has 1 atom stereocenters. The summed E-state index contributed by atoms with van der Waals surface area (Å²) in [6.07, 6.45) is 5.78. The Morgan fingerprint density at radius 1 is 1.06 bits per heavy atom. The van der Waals surface area contributed by atoms with Crippen LogP contribution in [0.1, 0.15) is 43.1 Å². The maximum absolute atomic E-state index is 13.0. The quantitative estimate of drug-likeness (QED) is 0.736. The fourth-order valence-electron chi connectivity index (χ4n) is 5.69. The number of hydrogen-bond acceptors (Lipinski definition) is 5. The van der Waals surface area contributed by atoms with Crippen LogP contribution in [0.2, 0.25) is 0 Å². The average Bonchev–Trinajstić information content (AvgIpc) is 3.34. The second-order valence-electron chi connectivity index (χ2n) is 9.36. The van der Waals surface area contributed by atoms with E-state index in [9.17, 15) is 4.79 Å². The maximum Gasteiger partial charge on any atom is 0.272 e. The molecule has 0 saturated carbocycles. The minimum Gasteiger partial charge on any atom is -0.375 e. The van der Waals surface area contributed by atoms with Crippen molar-refractivity contribution in [3.8, 4) is 0 Å². The van der Waals surface area contributed by atoms with Gasteiger partial charge in [-0.15, -0.1) is 0 Å². The molecule has 3 fully saturated rings. The van der Waals surface area contributed by atoms with Gasteiger partial charge in [0, 0.05) is 70.3 Å². The molecule has 7 heteroatoms. The molecule has 32 heavy (non-hydrogen) atoms. The van der Waals surface area contributed by atoms with Crippen LogP contribution < -0.4 is 4.90 Å². The third-order valence-corrected chi connectivity index (χ3v) is 7.62. The average molecular weight is 438 g/mol. The third kappa shape index (κ3) is 4.28. The van der Waals surface area contributed by atoms with Crippen molar-refractivity contribution in [2.75, 3.05) is 50.8 Å². The summed E-state index contributed by atoms with van der Waals surface area (Å²) in [7, 11) is 0. The Morgan fingerprint density at radius 2 is 1.81 bits per heavy atom. The van der Waals surface area contributed by atoms with E-state index in [4.69, 9.17) is 4.74 Å². The van der Waals surface area contributed by atoms with Gasteiger partial charge in [0.2, 0.25) is 0 Å². The van der Waals surface area contributed by atoms with Crippen LogP contribution in [0.4, 0.5) is 5.69 Å². The lowest BCUT2D eigenvalue weighted by Crippen LogP contribution is -2.57. The molecule has 5 rings (SSSR count). The standard InChI is InChI=1S/C25H35N5O2/c1-2-30-23(8-12-26-30)24(31)29-13-10-25(11-14-29)20-22(9-19-32-25)28-17-15-27(16-18-28)21-6-4-3-5-7-21/h3-8,12,22H,2,9-11,13-20H2,1H3/t22-/m1/s1. The first-order valence-corrected chi connectivity index (χ1v) is 12.2. The first kappa shape index (κ1) is 21.5. The first-order chi connectivity index (χ1) is 15.7. The fourth-order valence-corrected chi connectivity index (χ4v) is 5.69. The summed E-state index contributed by atoms with van der Waals surface area (Å²) < 4.78 is 8.18. The third-order valence-electron chi connectivity index (χ3n) is 7.62. The Bertz CT molecular complexity index is 898. The summed E-state index contributed by atoms with van der Waals surface area (Å²) in [6, 6.07) is 13.2. The Kier molecular flexibility index (Phi) is 6.20. The van der Waals surface area contributed by atoms with Crippen molar-refractivity contribution in [1.82, 2.24) is 19.6 Å². The number of rotatable bonds is 4. The fraction of sp³-hybridized carbons (Fsp3) is 0.600. The van der Waals surface area contributed by atoms with Gasteiger partial charge in [-0.05, 0) is 50.8 Å². The predicted molar refractivity (Wildman–Crippen MR) is 125 cm³/mol. The highest BCUT2D eigenvalue weighted by atomic mass is 16.5. The zero-order chi connectivity index (χ0) is 22.0. The summed E-state index contributed by atoms with van der Waals surface area (Å²) in [5.41, 5.74) is 1.96. The lowest BCUT2D eigenvalue weighted by atomic mass is 9.81. The first-order valence-electron chi connectivity index (χ1n) is 12.2. The van der Waals surface area contributed by atoms with Crippen LogP contribution in [0.15, 0.2) is 42.6 Å². The molecule has 0 aliphatic carbocycles. The molecule has 1 aromatic carbocycles. The lowest BCUT2D eigenvalue weighted by Gasteiger charge is -2.49. The van der Waals surface area contributed by atoms with E-state index >= 15 is 0 Å². The Labute approximate surface area is 190 Å². The normalized spacial score (nSPS) is 24.1. The van der Waals surface area contributed by atoms with Crippen LogP contribution in [0, 0.1) is 0 Å². The number of carbonyl (C=O) groups excluding carboxylic acids is 1. The van der Waals surface area contributed by atoms with Crippen LogP contribution in [0.3, 0.4) is 0 Å². The minimum atomic E-state index is -0.0682. The molecule has 1 aromatic heterocycles. The molecule has 0 unspecified atom stereocenters. The van der Waals surface area contributed by atoms with Crippen molar-refractivity contribution in [3.63, 3.8) is 0 Å². The van der Waals surface area contributed by atoms with Gasteiger partial charge in [0.05, 0.1) is 5.60 Å². The number of para-hydroxylation sites is 1. The Morgan fingerprint density at radius 3 is 2.53 bits per heavy atom. The van der Waals surface area contributed by atoms with Crippen LogP contribution in [-0.4, -0.2) is 83.0 Å². The van der Waals surface area contributed by atoms with Gasteiger partial charge in [-0.1, -0.05) is 18.2 Å². The zero-order valence-corrected chi connectivity index (χ0v) is 19.2. The van der Waals surface area contributed by atoms with E-state index in [0.717, 1.165) is 71.6 Å². The zero-order valence-electron chi connectivity index (χ0n) is 19.2. The molecular formula is C25H35N5O2. The van der Waals surface area contributed by atoms with Crippen LogP contribution in [0.5, 0.6) is 0 Å². The van der Waals surface area contributed by atoms with Crippen molar-refractivity contribution in [3.05, 3.63) is 48.3 Å². The summed E-state index contributed by atoms with van der Waals surface area (Å²) in [5.74, 6) is 0.101. The van der Waals surface area contributed by atoms with Crippen molar-refractivity contribution in [1.29, 1.82) is 0 Å². The van der Waals surface area contributed by atoms with Gasteiger partial charge in [0.25, 0.3) is 5.91 Å². The number of likely N-dealkylation sites (tertiary alicyclic amines) is 1. The molecule has 3 saturated heterocycles. The highest BCUT2D eigenvalue weighted by molar-refractivity contribution is 5.92. The molecule has 3 aliphatic rings. The van der Waals surface area contributed by atoms with E-state index in [2.05, 4.69) is 45.2 Å². The monoisotopic (exact) mass is 437 g/mol. The number of nitrogens with zero attached hydrogens (tertiary/aromatic N) is 5. The number of ether oxygens (including phenoxy) is 1. The van der Waals surface area contributed by atoms with Gasteiger partial charge in [-0.25, -0.2) is 0 Å². The van der Waals surface area contributed by atoms with Crippen molar-refractivity contribution < 1.29 is 9.53 Å². The largest absolute Gasteiger partial charge is 0.375 e.